The van der Waals surface area contributed by atoms with Gasteiger partial charge in [0.1, 0.15) is 29.6 Å². The van der Waals surface area contributed by atoms with E-state index in [1.165, 1.54) is 7.11 Å². The predicted octanol–water partition coefficient (Wildman–Crippen LogP) is 1.48. The van der Waals surface area contributed by atoms with Gasteiger partial charge in [-0.15, -0.1) is 0 Å². The minimum Gasteiger partial charge on any atom is -0.614 e. The zero-order chi connectivity index (χ0) is 29.3. The summed E-state index contributed by atoms with van der Waals surface area (Å²) in [6.07, 6.45) is 0.243. The van der Waals surface area contributed by atoms with Crippen LogP contribution in [0.3, 0.4) is 0 Å². The maximum atomic E-state index is 12.7. The summed E-state index contributed by atoms with van der Waals surface area (Å²) in [5.41, 5.74) is -0.589. The van der Waals surface area contributed by atoms with Gasteiger partial charge in [0.15, 0.2) is 25.2 Å². The van der Waals surface area contributed by atoms with Crippen molar-refractivity contribution in [3.63, 3.8) is 0 Å². The van der Waals surface area contributed by atoms with Crippen molar-refractivity contribution in [2.75, 3.05) is 40.3 Å². The maximum absolute atomic E-state index is 12.7. The quantitative estimate of drug-likeness (QED) is 0.101. The summed E-state index contributed by atoms with van der Waals surface area (Å²) >= 11 is 14.9. The molecule has 1 N–H and O–H groups in total. The monoisotopic (exact) mass is 628 g/mol. The number of benzene rings is 1. The van der Waals surface area contributed by atoms with Crippen molar-refractivity contribution in [3.8, 4) is 11.5 Å². The first-order valence-electron chi connectivity index (χ1n) is 11.1. The Bertz CT molecular complexity index is 1060. The lowest BCUT2D eigenvalue weighted by molar-refractivity contribution is -0.153. The van der Waals surface area contributed by atoms with Crippen molar-refractivity contribution in [2.45, 2.75) is 28.4 Å². The molecular formula is C23H27Cl3N2O10S. The fourth-order valence-corrected chi connectivity index (χ4v) is 5.01. The number of fused-ring (bicyclic) bond motifs is 1. The van der Waals surface area contributed by atoms with E-state index in [4.69, 9.17) is 49.0 Å². The molecule has 1 aromatic rings. The summed E-state index contributed by atoms with van der Waals surface area (Å²) in [6.45, 7) is 0.786. The lowest BCUT2D eigenvalue weighted by atomic mass is 10.0. The Morgan fingerprint density at radius 3 is 2.26 bits per heavy atom. The highest BCUT2D eigenvalue weighted by molar-refractivity contribution is 7.92. The second-order valence-corrected chi connectivity index (χ2v) is 11.9. The molecule has 12 nitrogen and oxygen atoms in total. The summed E-state index contributed by atoms with van der Waals surface area (Å²) in [4.78, 5) is 49.7. The molecule has 216 valence electrons. The van der Waals surface area contributed by atoms with Gasteiger partial charge in [0.25, 0.3) is 11.8 Å². The van der Waals surface area contributed by atoms with Gasteiger partial charge in [0.05, 0.1) is 12.7 Å². The number of esters is 1. The van der Waals surface area contributed by atoms with E-state index in [1.807, 2.05) is 6.92 Å². The number of hydrogen-bond acceptors (Lipinski definition) is 10. The summed E-state index contributed by atoms with van der Waals surface area (Å²) in [7, 11) is 4.72. The standard InChI is InChI=1S/C19H17Cl3N2O8S.C4H10O2/c1-30-11-2-4-12(5-3-11)31-7-13(26)23-14-16(27)24-15(18(28)32-9-19(20,21)22)10(6-25)8-33(29)17(14)24;1-4(5-2)6-3/h2-6,14,17H,7-9H2,1H3,(H,23,26);4H,1-3H3/t14?,17-,33?;/m1./s1. The SMILES string of the molecule is COC(C)OC.COc1ccc(OCC(=O)NC2C(=O)N3C(C(=O)OCC(Cl)(Cl)Cl)=C(C=O)C[S+]([O-])[C@H]23)cc1. The van der Waals surface area contributed by atoms with E-state index in [0.717, 1.165) is 4.90 Å². The molecule has 1 saturated heterocycles. The van der Waals surface area contributed by atoms with E-state index < -0.39 is 63.1 Å². The molecule has 0 aliphatic carbocycles. The van der Waals surface area contributed by atoms with Crippen LogP contribution < -0.4 is 14.8 Å². The molecule has 2 aliphatic heterocycles. The van der Waals surface area contributed by atoms with Crippen molar-refractivity contribution in [1.29, 1.82) is 0 Å². The Labute approximate surface area is 242 Å². The van der Waals surface area contributed by atoms with Crippen LogP contribution in [0.15, 0.2) is 35.5 Å². The maximum Gasteiger partial charge on any atom is 0.355 e. The van der Waals surface area contributed by atoms with Gasteiger partial charge in [0.2, 0.25) is 9.17 Å². The topological polar surface area (TPSA) is 153 Å². The van der Waals surface area contributed by atoms with Crippen LogP contribution in [0.4, 0.5) is 0 Å². The Hall–Kier alpha value is -2.26. The number of alkyl halides is 3. The molecule has 0 aromatic heterocycles. The largest absolute Gasteiger partial charge is 0.614 e. The first-order chi connectivity index (χ1) is 18.4. The molecule has 2 amide bonds. The van der Waals surface area contributed by atoms with Gasteiger partial charge in [-0.3, -0.25) is 19.3 Å². The normalized spacial score (nSPS) is 20.3. The van der Waals surface area contributed by atoms with Crippen LogP contribution in [-0.2, 0) is 44.6 Å². The summed E-state index contributed by atoms with van der Waals surface area (Å²) in [6, 6.07) is 5.30. The van der Waals surface area contributed by atoms with E-state index in [-0.39, 0.29) is 17.6 Å². The predicted molar refractivity (Wildman–Crippen MR) is 142 cm³/mol. The summed E-state index contributed by atoms with van der Waals surface area (Å²) in [5.74, 6) is -1.79. The van der Waals surface area contributed by atoms with Gasteiger partial charge >= 0.3 is 5.97 Å². The van der Waals surface area contributed by atoms with Crippen LogP contribution in [-0.4, -0.2) is 95.3 Å². The number of halogens is 3. The van der Waals surface area contributed by atoms with E-state index >= 15 is 0 Å². The summed E-state index contributed by atoms with van der Waals surface area (Å²) in [5, 5.41) is 1.37. The minimum absolute atomic E-state index is 0.0648. The van der Waals surface area contributed by atoms with Gasteiger partial charge in [-0.1, -0.05) is 34.8 Å². The molecule has 1 aromatic carbocycles. The van der Waals surface area contributed by atoms with Crippen LogP contribution in [0.2, 0.25) is 0 Å². The molecule has 3 rings (SSSR count). The average Bonchev–Trinajstić information content (AvgIpc) is 2.92. The van der Waals surface area contributed by atoms with Gasteiger partial charge in [-0.25, -0.2) is 4.79 Å². The molecule has 0 radical (unpaired) electrons. The Balaban J connectivity index is 0.000000798. The van der Waals surface area contributed by atoms with Crippen molar-refractivity contribution >= 4 is 70.0 Å². The zero-order valence-corrected chi connectivity index (χ0v) is 24.4. The highest BCUT2D eigenvalue weighted by Gasteiger charge is 2.61. The number of methoxy groups -OCH3 is 3. The van der Waals surface area contributed by atoms with E-state index in [1.54, 1.807) is 38.5 Å². The lowest BCUT2D eigenvalue weighted by Gasteiger charge is -2.48. The Morgan fingerprint density at radius 2 is 1.77 bits per heavy atom. The van der Waals surface area contributed by atoms with E-state index in [9.17, 15) is 23.7 Å². The number of nitrogens with zero attached hydrogens (tertiary/aromatic N) is 1. The minimum atomic E-state index is -1.91. The highest BCUT2D eigenvalue weighted by atomic mass is 35.6. The molecule has 0 bridgehead atoms. The van der Waals surface area contributed by atoms with Gasteiger partial charge in [-0.2, -0.15) is 0 Å². The van der Waals surface area contributed by atoms with E-state index in [0.29, 0.717) is 17.8 Å². The molecule has 39 heavy (non-hydrogen) atoms. The Kier molecular flexibility index (Phi) is 12.6. The van der Waals surface area contributed by atoms with Gasteiger partial charge in [-0.05, 0) is 42.4 Å². The van der Waals surface area contributed by atoms with Crippen LogP contribution in [0.1, 0.15) is 6.92 Å². The fourth-order valence-electron chi connectivity index (χ4n) is 3.23. The van der Waals surface area contributed by atoms with Crippen molar-refractivity contribution in [2.24, 2.45) is 0 Å². The first-order valence-corrected chi connectivity index (χ1v) is 13.6. The number of amides is 2. The molecule has 2 unspecified atom stereocenters. The third-order valence-electron chi connectivity index (χ3n) is 5.27. The van der Waals surface area contributed by atoms with Crippen LogP contribution in [0.5, 0.6) is 11.5 Å². The highest BCUT2D eigenvalue weighted by Crippen LogP contribution is 2.37. The third kappa shape index (κ3) is 9.13. The lowest BCUT2D eigenvalue weighted by Crippen LogP contribution is -2.75. The second kappa shape index (κ2) is 14.9. The molecule has 16 heteroatoms. The summed E-state index contributed by atoms with van der Waals surface area (Å²) < 4.78 is 35.3. The van der Waals surface area contributed by atoms with Gasteiger partial charge < -0.3 is 33.6 Å². The number of carbonyl (C=O) groups excluding carboxylic acids is 4. The third-order valence-corrected chi connectivity index (χ3v) is 7.21. The van der Waals surface area contributed by atoms with E-state index in [2.05, 4.69) is 14.8 Å². The van der Waals surface area contributed by atoms with Crippen LogP contribution >= 0.6 is 34.8 Å². The van der Waals surface area contributed by atoms with Crippen LogP contribution in [0.25, 0.3) is 0 Å². The number of β-lactam (4-membered cyclic amide) rings is 1. The molecule has 2 heterocycles. The number of carbonyl (C=O) groups is 4. The number of ether oxygens (including phenoxy) is 5. The smallest absolute Gasteiger partial charge is 0.355 e. The van der Waals surface area contributed by atoms with Crippen LogP contribution in [0, 0.1) is 0 Å². The molecule has 0 saturated carbocycles. The van der Waals surface area contributed by atoms with Crippen molar-refractivity contribution in [1.82, 2.24) is 10.2 Å². The number of rotatable bonds is 10. The van der Waals surface area contributed by atoms with Crippen molar-refractivity contribution < 1.29 is 47.4 Å². The molecule has 2 aliphatic rings. The Morgan fingerprint density at radius 1 is 1.18 bits per heavy atom. The second-order valence-electron chi connectivity index (χ2n) is 7.86. The zero-order valence-electron chi connectivity index (χ0n) is 21.3. The number of aldehydes is 1. The fraction of sp³-hybridized carbons (Fsp3) is 0.478. The number of hydrogen-bond donors (Lipinski definition) is 1. The average molecular weight is 630 g/mol. The molecule has 0 spiro atoms. The van der Waals surface area contributed by atoms with Crippen molar-refractivity contribution in [3.05, 3.63) is 35.5 Å². The number of nitrogens with one attached hydrogen (secondary N) is 1. The molecular weight excluding hydrogens is 603 g/mol. The first kappa shape index (κ1) is 32.9. The van der Waals surface area contributed by atoms with Gasteiger partial charge in [0, 0.05) is 14.2 Å². The molecule has 1 fully saturated rings. The molecule has 3 atom stereocenters.